The van der Waals surface area contributed by atoms with Gasteiger partial charge in [-0.3, -0.25) is 9.36 Å². The van der Waals surface area contributed by atoms with Crippen molar-refractivity contribution in [3.63, 3.8) is 0 Å². The summed E-state index contributed by atoms with van der Waals surface area (Å²) in [6.45, 7) is 0.898. The van der Waals surface area contributed by atoms with E-state index >= 15 is 0 Å². The van der Waals surface area contributed by atoms with Crippen LogP contribution in [0.5, 0.6) is 0 Å². The Balaban J connectivity index is 2.11. The summed E-state index contributed by atoms with van der Waals surface area (Å²) in [5.41, 5.74) is -0.398. The number of rotatable bonds is 2. The molecule has 6 N–H and O–H groups in total. The van der Waals surface area contributed by atoms with Crippen molar-refractivity contribution < 1.29 is 30.3 Å². The van der Waals surface area contributed by atoms with Gasteiger partial charge in [-0.25, -0.2) is 9.97 Å². The van der Waals surface area contributed by atoms with Gasteiger partial charge in [0.1, 0.15) is 36.3 Å². The van der Waals surface area contributed by atoms with Crippen LogP contribution in [0.1, 0.15) is 12.1 Å². The first kappa shape index (κ1) is 17.0. The van der Waals surface area contributed by atoms with Crippen molar-refractivity contribution in [3.8, 4) is 0 Å². The molecule has 0 saturated carbocycles. The highest BCUT2D eigenvalue weighted by Crippen LogP contribution is 2.29. The molecule has 132 valence electrons. The minimum Gasteiger partial charge on any atom is -0.394 e. The molecule has 0 spiro atoms. The standard InChI is InChI=1S/C13H18N4O7/c1-4-15-11-6(12(23)16-4)14-3-17(11)13-10(22)9(21)8(20)7(19)5(2-18)24-13/h3,5,7-10,13,18-22H,2H2,1H3,(H,15,16,23)/t5-,7-,8+,9-,10-,13-/m1/s1. The van der Waals surface area contributed by atoms with Crippen molar-refractivity contribution in [2.45, 2.75) is 43.7 Å². The predicted molar refractivity (Wildman–Crippen MR) is 77.9 cm³/mol. The number of aryl methyl sites for hydroxylation is 1. The maximum absolute atomic E-state index is 11.9. The van der Waals surface area contributed by atoms with E-state index in [1.807, 2.05) is 0 Å². The smallest absolute Gasteiger partial charge is 0.279 e. The Bertz CT molecular complexity index is 788. The fraction of sp³-hybridized carbons (Fsp3) is 0.615. The van der Waals surface area contributed by atoms with Gasteiger partial charge in [0.2, 0.25) is 0 Å². The number of nitrogens with one attached hydrogen (secondary N) is 1. The van der Waals surface area contributed by atoms with Crippen molar-refractivity contribution >= 4 is 11.2 Å². The normalized spacial score (nSPS) is 34.4. The second-order valence-corrected chi connectivity index (χ2v) is 5.69. The number of hydrogen-bond donors (Lipinski definition) is 6. The van der Waals surface area contributed by atoms with Crippen LogP contribution in [-0.2, 0) is 4.74 Å². The molecule has 2 aromatic heterocycles. The molecule has 1 aliphatic heterocycles. The van der Waals surface area contributed by atoms with E-state index in [9.17, 15) is 30.3 Å². The lowest BCUT2D eigenvalue weighted by Crippen LogP contribution is -2.47. The maximum Gasteiger partial charge on any atom is 0.279 e. The van der Waals surface area contributed by atoms with Crippen LogP contribution in [0.25, 0.3) is 11.2 Å². The number of imidazole rings is 1. The summed E-state index contributed by atoms with van der Waals surface area (Å²) < 4.78 is 6.67. The van der Waals surface area contributed by atoms with E-state index in [1.54, 1.807) is 6.92 Å². The number of hydrogen-bond acceptors (Lipinski definition) is 9. The highest BCUT2D eigenvalue weighted by molar-refractivity contribution is 5.69. The first-order chi connectivity index (χ1) is 11.3. The molecule has 0 aromatic carbocycles. The lowest BCUT2D eigenvalue weighted by atomic mass is 10.0. The van der Waals surface area contributed by atoms with Crippen LogP contribution in [-0.4, -0.2) is 82.2 Å². The first-order valence-electron chi connectivity index (χ1n) is 7.27. The fourth-order valence-corrected chi connectivity index (χ4v) is 2.74. The number of aliphatic hydroxyl groups excluding tert-OH is 5. The summed E-state index contributed by atoms with van der Waals surface area (Å²) in [6, 6.07) is 0. The third kappa shape index (κ3) is 2.60. The quantitative estimate of drug-likeness (QED) is 0.328. The molecule has 0 unspecified atom stereocenters. The summed E-state index contributed by atoms with van der Waals surface area (Å²) in [6.07, 6.45) is -8.16. The summed E-state index contributed by atoms with van der Waals surface area (Å²) in [7, 11) is 0. The van der Waals surface area contributed by atoms with Gasteiger partial charge in [0.05, 0.1) is 12.9 Å². The Kier molecular flexibility index (Phi) is 4.38. The summed E-state index contributed by atoms with van der Waals surface area (Å²) >= 11 is 0. The Morgan fingerprint density at radius 1 is 1.21 bits per heavy atom. The van der Waals surface area contributed by atoms with Crippen LogP contribution < -0.4 is 5.56 Å². The average molecular weight is 342 g/mol. The highest BCUT2D eigenvalue weighted by atomic mass is 16.6. The predicted octanol–water partition coefficient (Wildman–Crippen LogP) is -3.24. The molecule has 24 heavy (non-hydrogen) atoms. The van der Waals surface area contributed by atoms with Crippen molar-refractivity contribution in [2.75, 3.05) is 6.61 Å². The van der Waals surface area contributed by atoms with Gasteiger partial charge >= 0.3 is 0 Å². The van der Waals surface area contributed by atoms with Crippen LogP contribution in [0.4, 0.5) is 0 Å². The lowest BCUT2D eigenvalue weighted by molar-refractivity contribution is -0.149. The summed E-state index contributed by atoms with van der Waals surface area (Å²) in [5.74, 6) is 0.302. The van der Waals surface area contributed by atoms with E-state index in [0.29, 0.717) is 5.82 Å². The SMILES string of the molecule is Cc1nc2c(ncn2[C@@H]2O[C@H](CO)[C@@H](O)[C@H](O)[C@@H](O)[C@H]2O)c(=O)[nH]1. The minimum atomic E-state index is -1.75. The molecule has 0 aliphatic carbocycles. The van der Waals surface area contributed by atoms with Gasteiger partial charge in [0.15, 0.2) is 17.4 Å². The molecule has 0 radical (unpaired) electrons. The number of nitrogens with zero attached hydrogens (tertiary/aromatic N) is 3. The molecule has 0 amide bonds. The number of H-pyrrole nitrogens is 1. The van der Waals surface area contributed by atoms with Crippen molar-refractivity contribution in [1.29, 1.82) is 0 Å². The van der Waals surface area contributed by atoms with Gasteiger partial charge in [-0.15, -0.1) is 0 Å². The molecule has 0 bridgehead atoms. The van der Waals surface area contributed by atoms with Gasteiger partial charge in [-0.1, -0.05) is 0 Å². The molecule has 1 aliphatic rings. The third-order valence-electron chi connectivity index (χ3n) is 4.04. The third-order valence-corrected chi connectivity index (χ3v) is 4.04. The summed E-state index contributed by atoms with van der Waals surface area (Å²) in [5, 5.41) is 49.4. The van der Waals surface area contributed by atoms with Crippen LogP contribution in [0.3, 0.4) is 0 Å². The van der Waals surface area contributed by atoms with Gasteiger partial charge in [-0.2, -0.15) is 0 Å². The van der Waals surface area contributed by atoms with Gasteiger partial charge in [0.25, 0.3) is 5.56 Å². The number of fused-ring (bicyclic) bond motifs is 1. The molecule has 1 saturated heterocycles. The lowest BCUT2D eigenvalue weighted by Gasteiger charge is -2.26. The molecule has 1 fully saturated rings. The average Bonchev–Trinajstić information content (AvgIpc) is 2.94. The van der Waals surface area contributed by atoms with E-state index in [1.165, 1.54) is 10.9 Å². The van der Waals surface area contributed by atoms with Gasteiger partial charge in [-0.05, 0) is 6.92 Å². The van der Waals surface area contributed by atoms with E-state index in [4.69, 9.17) is 4.74 Å². The van der Waals surface area contributed by atoms with Crippen molar-refractivity contribution in [3.05, 3.63) is 22.5 Å². The van der Waals surface area contributed by atoms with Crippen LogP contribution in [0.2, 0.25) is 0 Å². The topological polar surface area (TPSA) is 174 Å². The number of aromatic amines is 1. The number of ether oxygens (including phenoxy) is 1. The van der Waals surface area contributed by atoms with E-state index in [0.717, 1.165) is 0 Å². The number of aromatic nitrogens is 4. The monoisotopic (exact) mass is 342 g/mol. The van der Waals surface area contributed by atoms with Crippen LogP contribution in [0, 0.1) is 6.92 Å². The van der Waals surface area contributed by atoms with E-state index in [-0.39, 0.29) is 11.2 Å². The van der Waals surface area contributed by atoms with Crippen LogP contribution >= 0.6 is 0 Å². The molecular weight excluding hydrogens is 324 g/mol. The zero-order chi connectivity index (χ0) is 17.6. The molecule has 3 rings (SSSR count). The first-order valence-corrected chi connectivity index (χ1v) is 7.27. The molecule has 11 heteroatoms. The molecule has 6 atom stereocenters. The zero-order valence-corrected chi connectivity index (χ0v) is 12.6. The molecule has 11 nitrogen and oxygen atoms in total. The molecule has 2 aromatic rings. The Hall–Kier alpha value is -1.89. The Morgan fingerprint density at radius 3 is 2.54 bits per heavy atom. The second-order valence-electron chi connectivity index (χ2n) is 5.69. The maximum atomic E-state index is 11.9. The zero-order valence-electron chi connectivity index (χ0n) is 12.6. The van der Waals surface area contributed by atoms with Gasteiger partial charge in [0, 0.05) is 0 Å². The molecular formula is C13H18N4O7. The fourth-order valence-electron chi connectivity index (χ4n) is 2.74. The minimum absolute atomic E-state index is 0.00298. The van der Waals surface area contributed by atoms with Gasteiger partial charge < -0.3 is 35.3 Å². The number of aliphatic hydroxyl groups is 5. The Morgan fingerprint density at radius 2 is 1.88 bits per heavy atom. The van der Waals surface area contributed by atoms with Crippen molar-refractivity contribution in [1.82, 2.24) is 19.5 Å². The van der Waals surface area contributed by atoms with E-state index < -0.39 is 48.9 Å². The molecule has 3 heterocycles. The van der Waals surface area contributed by atoms with Crippen LogP contribution in [0.15, 0.2) is 11.1 Å². The van der Waals surface area contributed by atoms with E-state index in [2.05, 4.69) is 15.0 Å². The second kappa shape index (κ2) is 6.20. The Labute approximate surface area is 134 Å². The highest BCUT2D eigenvalue weighted by Gasteiger charge is 2.45. The largest absolute Gasteiger partial charge is 0.394 e. The van der Waals surface area contributed by atoms with Crippen molar-refractivity contribution in [2.24, 2.45) is 0 Å². The summed E-state index contributed by atoms with van der Waals surface area (Å²) in [4.78, 5) is 22.4.